The molecule has 4 aromatic rings. The number of aromatic amines is 1. The summed E-state index contributed by atoms with van der Waals surface area (Å²) < 4.78 is 11.4. The normalized spacial score (nSPS) is 12.2. The number of hydrogen-bond donors (Lipinski definition) is 2. The van der Waals surface area contributed by atoms with Crippen molar-refractivity contribution in [1.29, 1.82) is 0 Å². The highest BCUT2D eigenvalue weighted by molar-refractivity contribution is 6.07. The summed E-state index contributed by atoms with van der Waals surface area (Å²) in [4.78, 5) is 14.2. The number of tetrazole rings is 1. The highest BCUT2D eigenvalue weighted by Crippen LogP contribution is 2.36. The number of hydrogen-bond acceptors (Lipinski definition) is 6. The maximum atomic E-state index is 12.7. The van der Waals surface area contributed by atoms with E-state index in [0.717, 1.165) is 16.4 Å². The van der Waals surface area contributed by atoms with E-state index in [1.165, 1.54) is 0 Å². The lowest BCUT2D eigenvalue weighted by molar-refractivity contribution is 0.219. The van der Waals surface area contributed by atoms with Crippen LogP contribution in [0.3, 0.4) is 0 Å². The minimum absolute atomic E-state index is 0.0609. The molecule has 0 radical (unpaired) electrons. The third-order valence-corrected chi connectivity index (χ3v) is 4.64. The average Bonchev–Trinajstić information content (AvgIpc) is 3.35. The Bertz CT molecular complexity index is 1120. The van der Waals surface area contributed by atoms with Crippen molar-refractivity contribution >= 4 is 33.7 Å². The summed E-state index contributed by atoms with van der Waals surface area (Å²) >= 11 is 0. The van der Waals surface area contributed by atoms with Gasteiger partial charge in [-0.05, 0) is 12.1 Å². The van der Waals surface area contributed by atoms with E-state index < -0.39 is 0 Å². The van der Waals surface area contributed by atoms with Gasteiger partial charge in [-0.25, -0.2) is 4.79 Å². The summed E-state index contributed by atoms with van der Waals surface area (Å²) in [5, 5.41) is 18.7. The van der Waals surface area contributed by atoms with Crippen LogP contribution in [0.5, 0.6) is 5.75 Å². The molecule has 4 rings (SSSR count). The molecule has 0 unspecified atom stereocenters. The van der Waals surface area contributed by atoms with Crippen molar-refractivity contribution < 1.29 is 13.9 Å². The molecule has 0 aliphatic carbocycles. The van der Waals surface area contributed by atoms with Crippen LogP contribution >= 0.6 is 0 Å². The smallest absolute Gasteiger partial charge is 0.321 e. The molecule has 0 aliphatic heterocycles. The second kappa shape index (κ2) is 7.18. The molecule has 0 fully saturated rings. The van der Waals surface area contributed by atoms with E-state index in [4.69, 9.17) is 9.15 Å². The van der Waals surface area contributed by atoms with Gasteiger partial charge in [0.05, 0.1) is 12.8 Å². The quantitative estimate of drug-likeness (QED) is 0.549. The van der Waals surface area contributed by atoms with Crippen molar-refractivity contribution in [3.8, 4) is 5.75 Å². The van der Waals surface area contributed by atoms with Gasteiger partial charge in [-0.3, -0.25) is 0 Å². The van der Waals surface area contributed by atoms with E-state index in [0.29, 0.717) is 29.4 Å². The van der Waals surface area contributed by atoms with Crippen LogP contribution < -0.4 is 10.1 Å². The Labute approximate surface area is 160 Å². The summed E-state index contributed by atoms with van der Waals surface area (Å²) in [5.41, 5.74) is 2.01. The van der Waals surface area contributed by atoms with Crippen molar-refractivity contribution in [3.63, 3.8) is 0 Å². The summed E-state index contributed by atoms with van der Waals surface area (Å²) in [5.74, 6) is 1.06. The van der Waals surface area contributed by atoms with Gasteiger partial charge in [-0.1, -0.05) is 30.3 Å². The number of furan rings is 1. The van der Waals surface area contributed by atoms with E-state index in [2.05, 4.69) is 25.9 Å². The zero-order valence-corrected chi connectivity index (χ0v) is 15.8. The summed E-state index contributed by atoms with van der Waals surface area (Å²) in [6.45, 7) is 2.36. The van der Waals surface area contributed by atoms with E-state index in [-0.39, 0.29) is 11.9 Å². The monoisotopic (exact) mass is 380 g/mol. The van der Waals surface area contributed by atoms with Crippen molar-refractivity contribution in [2.45, 2.75) is 12.8 Å². The Balaban J connectivity index is 1.57. The first kappa shape index (κ1) is 17.8. The number of nitrogens with zero attached hydrogens (tertiary/aromatic N) is 4. The lowest BCUT2D eigenvalue weighted by Crippen LogP contribution is -2.34. The van der Waals surface area contributed by atoms with Gasteiger partial charge in [0, 0.05) is 36.3 Å². The van der Waals surface area contributed by atoms with Crippen LogP contribution in [0.1, 0.15) is 18.7 Å². The number of urea groups is 1. The van der Waals surface area contributed by atoms with Crippen molar-refractivity contribution in [2.24, 2.45) is 0 Å². The van der Waals surface area contributed by atoms with Crippen molar-refractivity contribution in [2.75, 3.05) is 26.0 Å². The Morgan fingerprint density at radius 3 is 2.86 bits per heavy atom. The number of fused-ring (bicyclic) bond motifs is 3. The molecular formula is C19H20N6O3. The largest absolute Gasteiger partial charge is 0.495 e. The number of rotatable bonds is 5. The number of anilines is 1. The fraction of sp³-hybridized carbons (Fsp3) is 0.263. The van der Waals surface area contributed by atoms with Crippen LogP contribution in [0.2, 0.25) is 0 Å². The molecule has 2 heterocycles. The molecule has 0 spiro atoms. The maximum Gasteiger partial charge on any atom is 0.321 e. The number of H-pyrrole nitrogens is 1. The van der Waals surface area contributed by atoms with Gasteiger partial charge < -0.3 is 19.4 Å². The second-order valence-corrected chi connectivity index (χ2v) is 6.63. The molecule has 9 nitrogen and oxygen atoms in total. The number of ether oxygens (including phenoxy) is 1. The molecule has 9 heteroatoms. The third-order valence-electron chi connectivity index (χ3n) is 4.64. The molecule has 2 aromatic heterocycles. The SMILES string of the molecule is COc1cc2c(cc1NC(=O)N(C)C[C@@H](C)c1nn[nH]n1)oc1ccccc12. The van der Waals surface area contributed by atoms with Gasteiger partial charge in [0.2, 0.25) is 0 Å². The van der Waals surface area contributed by atoms with Crippen LogP contribution in [0.15, 0.2) is 40.8 Å². The fourth-order valence-corrected chi connectivity index (χ4v) is 3.18. The Morgan fingerprint density at radius 2 is 2.11 bits per heavy atom. The predicted molar refractivity (Wildman–Crippen MR) is 105 cm³/mol. The maximum absolute atomic E-state index is 12.7. The van der Waals surface area contributed by atoms with Crippen LogP contribution in [0.4, 0.5) is 10.5 Å². The van der Waals surface area contributed by atoms with Crippen molar-refractivity contribution in [3.05, 3.63) is 42.2 Å². The van der Waals surface area contributed by atoms with Crippen LogP contribution in [0.25, 0.3) is 21.9 Å². The number of aromatic nitrogens is 4. The molecule has 0 saturated heterocycles. The van der Waals surface area contributed by atoms with Gasteiger partial charge in [0.15, 0.2) is 5.82 Å². The molecule has 1 atom stereocenters. The first-order valence-corrected chi connectivity index (χ1v) is 8.81. The first-order chi connectivity index (χ1) is 13.6. The molecule has 2 N–H and O–H groups in total. The van der Waals surface area contributed by atoms with E-state index in [9.17, 15) is 4.79 Å². The van der Waals surface area contributed by atoms with Gasteiger partial charge >= 0.3 is 6.03 Å². The van der Waals surface area contributed by atoms with Gasteiger partial charge in [0.25, 0.3) is 0 Å². The minimum Gasteiger partial charge on any atom is -0.495 e. The van der Waals surface area contributed by atoms with Crippen LogP contribution in [-0.4, -0.2) is 52.3 Å². The first-order valence-electron chi connectivity index (χ1n) is 8.81. The molecular weight excluding hydrogens is 360 g/mol. The second-order valence-electron chi connectivity index (χ2n) is 6.63. The number of amides is 2. The minimum atomic E-state index is -0.274. The Hall–Kier alpha value is -3.62. The Morgan fingerprint density at radius 1 is 1.29 bits per heavy atom. The molecule has 0 bridgehead atoms. The highest BCUT2D eigenvalue weighted by Gasteiger charge is 2.19. The van der Waals surface area contributed by atoms with Crippen LogP contribution in [0, 0.1) is 0 Å². The number of carbonyl (C=O) groups is 1. The molecule has 28 heavy (non-hydrogen) atoms. The number of carbonyl (C=O) groups excluding carboxylic acids is 1. The number of methoxy groups -OCH3 is 1. The lowest BCUT2D eigenvalue weighted by Gasteiger charge is -2.21. The summed E-state index contributed by atoms with van der Waals surface area (Å²) in [7, 11) is 3.28. The number of likely N-dealkylation sites (N-methyl/N-ethyl adjacent to an activating group) is 1. The van der Waals surface area contributed by atoms with Crippen LogP contribution in [-0.2, 0) is 0 Å². The molecule has 0 aliphatic rings. The average molecular weight is 380 g/mol. The van der Waals surface area contributed by atoms with E-state index in [1.54, 1.807) is 25.1 Å². The lowest BCUT2D eigenvalue weighted by atomic mass is 10.1. The van der Waals surface area contributed by atoms with Gasteiger partial charge in [-0.15, -0.1) is 10.2 Å². The number of nitrogens with one attached hydrogen (secondary N) is 2. The molecule has 0 saturated carbocycles. The standard InChI is InChI=1S/C19H20N6O3/c1-11(18-21-23-24-22-18)10-25(2)19(26)20-14-9-16-13(8-17(14)27-3)12-6-4-5-7-15(12)28-16/h4-9,11H,10H2,1-3H3,(H,20,26)(H,21,22,23,24)/t11-/m1/s1. The Kier molecular flexibility index (Phi) is 4.56. The summed E-state index contributed by atoms with van der Waals surface area (Å²) in [6.07, 6.45) is 0. The summed E-state index contributed by atoms with van der Waals surface area (Å²) in [6, 6.07) is 11.2. The van der Waals surface area contributed by atoms with Gasteiger partial charge in [0.1, 0.15) is 16.9 Å². The predicted octanol–water partition coefficient (Wildman–Crippen LogP) is 3.38. The van der Waals surface area contributed by atoms with E-state index >= 15 is 0 Å². The molecule has 144 valence electrons. The van der Waals surface area contributed by atoms with Gasteiger partial charge in [-0.2, -0.15) is 5.21 Å². The zero-order valence-electron chi connectivity index (χ0n) is 15.8. The topological polar surface area (TPSA) is 109 Å². The number of benzene rings is 2. The highest BCUT2D eigenvalue weighted by atomic mass is 16.5. The number of para-hydroxylation sites is 1. The van der Waals surface area contributed by atoms with E-state index in [1.807, 2.05) is 37.3 Å². The molecule has 2 aromatic carbocycles. The zero-order chi connectivity index (χ0) is 19.7. The van der Waals surface area contributed by atoms with Crippen molar-refractivity contribution in [1.82, 2.24) is 25.5 Å². The molecule has 2 amide bonds. The fourth-order valence-electron chi connectivity index (χ4n) is 3.18. The third kappa shape index (κ3) is 3.22.